The highest BCUT2D eigenvalue weighted by Gasteiger charge is 2.53. The summed E-state index contributed by atoms with van der Waals surface area (Å²) in [5.74, 6) is 0.790. The van der Waals surface area contributed by atoms with Gasteiger partial charge >= 0.3 is 0 Å². The van der Waals surface area contributed by atoms with Gasteiger partial charge in [-0.15, -0.1) is 0 Å². The van der Waals surface area contributed by atoms with Crippen LogP contribution < -0.4 is 4.90 Å². The molecular formula is C18H22N6O2S. The second kappa shape index (κ2) is 6.49. The first kappa shape index (κ1) is 17.0. The number of amides is 1. The molecule has 9 heteroatoms. The molecule has 2 aromatic heterocycles. The highest BCUT2D eigenvalue weighted by molar-refractivity contribution is 6.99. The zero-order valence-corrected chi connectivity index (χ0v) is 16.1. The standard InChI is InChI=1S/C18H22N6O2S/c1-12-15(22-27-21-12)16(25)24-13-3-4-14(24)10-18(9-13)11-23(7-8-26-18)17-19-5-2-6-20-17/h2,5-6,13-14H,3-4,7-11H2,1H3/t13-,14+,18?. The Kier molecular flexibility index (Phi) is 4.08. The zero-order chi connectivity index (χ0) is 18.4. The van der Waals surface area contributed by atoms with Crippen molar-refractivity contribution in [2.75, 3.05) is 24.6 Å². The van der Waals surface area contributed by atoms with Crippen LogP contribution in [0.5, 0.6) is 0 Å². The molecule has 0 saturated carbocycles. The molecule has 8 nitrogen and oxygen atoms in total. The molecule has 3 aliphatic heterocycles. The number of rotatable bonds is 2. The molecule has 0 N–H and O–H groups in total. The maximum absolute atomic E-state index is 13.1. The summed E-state index contributed by atoms with van der Waals surface area (Å²) in [5, 5.41) is 0. The Morgan fingerprint density at radius 2 is 1.96 bits per heavy atom. The van der Waals surface area contributed by atoms with Crippen molar-refractivity contribution in [2.45, 2.75) is 50.3 Å². The van der Waals surface area contributed by atoms with Gasteiger partial charge in [-0.2, -0.15) is 8.75 Å². The lowest BCUT2D eigenvalue weighted by Crippen LogP contribution is -2.61. The monoisotopic (exact) mass is 386 g/mol. The fourth-order valence-electron chi connectivity index (χ4n) is 4.90. The van der Waals surface area contributed by atoms with Crippen LogP contribution in [-0.4, -0.2) is 66.9 Å². The number of morpholine rings is 1. The minimum Gasteiger partial charge on any atom is -0.371 e. The summed E-state index contributed by atoms with van der Waals surface area (Å²) in [7, 11) is 0. The Morgan fingerprint density at radius 1 is 1.22 bits per heavy atom. The van der Waals surface area contributed by atoms with Gasteiger partial charge in [0.15, 0.2) is 5.69 Å². The first-order chi connectivity index (χ1) is 13.2. The lowest BCUT2D eigenvalue weighted by Gasteiger charge is -2.50. The van der Waals surface area contributed by atoms with Crippen molar-refractivity contribution < 1.29 is 9.53 Å². The Bertz CT molecular complexity index is 829. The Hall–Kier alpha value is -2.13. The molecule has 0 aliphatic carbocycles. The van der Waals surface area contributed by atoms with E-state index in [0.717, 1.165) is 62.1 Å². The fraction of sp³-hybridized carbons (Fsp3) is 0.611. The van der Waals surface area contributed by atoms with Crippen LogP contribution >= 0.6 is 11.7 Å². The van der Waals surface area contributed by atoms with Crippen LogP contribution in [0.2, 0.25) is 0 Å². The number of carbonyl (C=O) groups excluding carboxylic acids is 1. The van der Waals surface area contributed by atoms with Gasteiger partial charge in [0, 0.05) is 31.0 Å². The van der Waals surface area contributed by atoms with Crippen LogP contribution in [-0.2, 0) is 4.74 Å². The number of aromatic nitrogens is 4. The largest absolute Gasteiger partial charge is 0.371 e. The molecule has 2 bridgehead atoms. The molecule has 5 rings (SSSR count). The summed E-state index contributed by atoms with van der Waals surface area (Å²) < 4.78 is 14.7. The predicted octanol–water partition coefficient (Wildman–Crippen LogP) is 1.68. The number of carbonyl (C=O) groups is 1. The number of ether oxygens (including phenoxy) is 1. The molecule has 0 radical (unpaired) electrons. The van der Waals surface area contributed by atoms with Crippen molar-refractivity contribution >= 4 is 23.6 Å². The molecule has 1 amide bonds. The highest BCUT2D eigenvalue weighted by atomic mass is 32.1. The minimum absolute atomic E-state index is 0.0302. The zero-order valence-electron chi connectivity index (χ0n) is 15.2. The van der Waals surface area contributed by atoms with Crippen LogP contribution in [0.3, 0.4) is 0 Å². The molecule has 3 fully saturated rings. The van der Waals surface area contributed by atoms with Crippen molar-refractivity contribution in [2.24, 2.45) is 0 Å². The Morgan fingerprint density at radius 3 is 2.63 bits per heavy atom. The summed E-state index contributed by atoms with van der Waals surface area (Å²) in [4.78, 5) is 26.1. The molecular weight excluding hydrogens is 364 g/mol. The normalized spacial score (nSPS) is 30.1. The minimum atomic E-state index is -0.227. The van der Waals surface area contributed by atoms with Gasteiger partial charge in [0.1, 0.15) is 0 Å². The summed E-state index contributed by atoms with van der Waals surface area (Å²) in [5.41, 5.74) is 1.01. The molecule has 3 atom stereocenters. The van der Waals surface area contributed by atoms with Crippen molar-refractivity contribution in [1.29, 1.82) is 0 Å². The van der Waals surface area contributed by atoms with Crippen molar-refractivity contribution in [1.82, 2.24) is 23.6 Å². The van der Waals surface area contributed by atoms with E-state index >= 15 is 0 Å². The van der Waals surface area contributed by atoms with Crippen molar-refractivity contribution in [3.05, 3.63) is 29.8 Å². The van der Waals surface area contributed by atoms with Crippen LogP contribution in [0, 0.1) is 6.92 Å². The van der Waals surface area contributed by atoms with Gasteiger partial charge in [-0.25, -0.2) is 9.97 Å². The molecule has 1 unspecified atom stereocenters. The second-order valence-corrected chi connectivity index (χ2v) is 8.23. The molecule has 142 valence electrons. The third kappa shape index (κ3) is 2.89. The lowest BCUT2D eigenvalue weighted by atomic mass is 9.84. The quantitative estimate of drug-likeness (QED) is 0.776. The number of piperidine rings is 1. The van der Waals surface area contributed by atoms with E-state index in [2.05, 4.69) is 28.5 Å². The van der Waals surface area contributed by atoms with E-state index in [1.165, 1.54) is 0 Å². The van der Waals surface area contributed by atoms with Gasteiger partial charge in [-0.3, -0.25) is 4.79 Å². The first-order valence-corrected chi connectivity index (χ1v) is 10.2. The van der Waals surface area contributed by atoms with Crippen LogP contribution in [0.25, 0.3) is 0 Å². The van der Waals surface area contributed by atoms with E-state index in [1.54, 1.807) is 12.4 Å². The van der Waals surface area contributed by atoms with Crippen LogP contribution in [0.1, 0.15) is 41.9 Å². The number of aryl methyl sites for hydroxylation is 1. The number of fused-ring (bicyclic) bond motifs is 2. The summed E-state index contributed by atoms with van der Waals surface area (Å²) in [6.07, 6.45) is 7.32. The number of hydrogen-bond acceptors (Lipinski definition) is 8. The predicted molar refractivity (Wildman–Crippen MR) is 99.8 cm³/mol. The first-order valence-electron chi connectivity index (χ1n) is 9.43. The molecule has 3 aliphatic rings. The second-order valence-electron chi connectivity index (χ2n) is 7.71. The van der Waals surface area contributed by atoms with Gasteiger partial charge in [0.2, 0.25) is 5.95 Å². The highest BCUT2D eigenvalue weighted by Crippen LogP contribution is 2.44. The fourth-order valence-corrected chi connectivity index (χ4v) is 5.44. The molecule has 27 heavy (non-hydrogen) atoms. The van der Waals surface area contributed by atoms with E-state index in [9.17, 15) is 4.79 Å². The maximum Gasteiger partial charge on any atom is 0.276 e. The summed E-state index contributed by atoms with van der Waals surface area (Å²) in [6, 6.07) is 2.24. The smallest absolute Gasteiger partial charge is 0.276 e. The van der Waals surface area contributed by atoms with Crippen LogP contribution in [0.15, 0.2) is 18.5 Å². The lowest BCUT2D eigenvalue weighted by molar-refractivity contribution is -0.104. The van der Waals surface area contributed by atoms with Gasteiger partial charge in [0.25, 0.3) is 5.91 Å². The van der Waals surface area contributed by atoms with E-state index < -0.39 is 0 Å². The van der Waals surface area contributed by atoms with Crippen molar-refractivity contribution in [3.63, 3.8) is 0 Å². The number of hydrogen-bond donors (Lipinski definition) is 0. The topological polar surface area (TPSA) is 84.3 Å². The van der Waals surface area contributed by atoms with Gasteiger partial charge < -0.3 is 14.5 Å². The average Bonchev–Trinajstić information content (AvgIpc) is 3.24. The van der Waals surface area contributed by atoms with E-state index in [4.69, 9.17) is 4.74 Å². The number of anilines is 1. The molecule has 2 aromatic rings. The molecule has 5 heterocycles. The molecule has 0 aromatic carbocycles. The average molecular weight is 386 g/mol. The third-order valence-corrected chi connectivity index (χ3v) is 6.63. The summed E-state index contributed by atoms with van der Waals surface area (Å²) >= 11 is 1.11. The molecule has 3 saturated heterocycles. The van der Waals surface area contributed by atoms with Gasteiger partial charge in [0.05, 0.1) is 36.2 Å². The van der Waals surface area contributed by atoms with Crippen molar-refractivity contribution in [3.8, 4) is 0 Å². The van der Waals surface area contributed by atoms with Crippen LogP contribution in [0.4, 0.5) is 5.95 Å². The van der Waals surface area contributed by atoms with E-state index in [-0.39, 0.29) is 23.6 Å². The maximum atomic E-state index is 13.1. The third-order valence-electron chi connectivity index (χ3n) is 6.01. The summed E-state index contributed by atoms with van der Waals surface area (Å²) in [6.45, 7) is 4.10. The SMILES string of the molecule is Cc1nsnc1C(=O)N1[C@@H]2CC[C@H]1CC1(C2)CN(c2ncccn2)CCO1. The number of nitrogens with zero attached hydrogens (tertiary/aromatic N) is 6. The van der Waals surface area contributed by atoms with Gasteiger partial charge in [-0.1, -0.05) is 0 Å². The Labute approximate surface area is 161 Å². The molecule has 1 spiro atoms. The van der Waals surface area contributed by atoms with Gasteiger partial charge in [-0.05, 0) is 38.7 Å². The van der Waals surface area contributed by atoms with E-state index in [0.29, 0.717) is 12.3 Å². The van der Waals surface area contributed by atoms with E-state index in [1.807, 2.05) is 13.0 Å². The Balaban J connectivity index is 1.36.